The molecular formula is C10H7FN4. The Hall–Kier alpha value is -2.17. The van der Waals surface area contributed by atoms with Gasteiger partial charge in [0.1, 0.15) is 11.3 Å². The highest BCUT2D eigenvalue weighted by molar-refractivity contribution is 5.86. The van der Waals surface area contributed by atoms with Crippen LogP contribution in [0.15, 0.2) is 36.7 Å². The Balaban J connectivity index is 2.34. The molecule has 3 aromatic rings. The lowest BCUT2D eigenvalue weighted by atomic mass is 10.2. The Morgan fingerprint density at radius 2 is 2.20 bits per heavy atom. The molecule has 0 aliphatic rings. The van der Waals surface area contributed by atoms with E-state index in [4.69, 9.17) is 0 Å². The van der Waals surface area contributed by atoms with Crippen molar-refractivity contribution in [3.8, 4) is 5.82 Å². The number of hydrogen-bond donors (Lipinski definition) is 1. The molecule has 1 aromatic carbocycles. The number of benzene rings is 1. The van der Waals surface area contributed by atoms with Gasteiger partial charge in [-0.1, -0.05) is 6.07 Å². The number of nitrogens with one attached hydrogen (secondary N) is 1. The largest absolute Gasteiger partial charge is 0.273 e. The van der Waals surface area contributed by atoms with Gasteiger partial charge in [0.2, 0.25) is 0 Å². The van der Waals surface area contributed by atoms with Gasteiger partial charge in [0.15, 0.2) is 5.82 Å². The second kappa shape index (κ2) is 2.91. The van der Waals surface area contributed by atoms with E-state index in [9.17, 15) is 4.39 Å². The molecule has 0 aliphatic heterocycles. The molecule has 0 unspecified atom stereocenters. The number of fused-ring (bicyclic) bond motifs is 1. The minimum atomic E-state index is -0.307. The van der Waals surface area contributed by atoms with E-state index < -0.39 is 0 Å². The van der Waals surface area contributed by atoms with E-state index in [2.05, 4.69) is 15.3 Å². The van der Waals surface area contributed by atoms with Crippen LogP contribution in [-0.4, -0.2) is 20.0 Å². The van der Waals surface area contributed by atoms with Crippen molar-refractivity contribution in [2.45, 2.75) is 0 Å². The average molecular weight is 202 g/mol. The number of H-pyrrole nitrogens is 1. The molecule has 1 N–H and O–H groups in total. The first-order valence-corrected chi connectivity index (χ1v) is 4.49. The van der Waals surface area contributed by atoms with E-state index in [1.54, 1.807) is 35.3 Å². The SMILES string of the molecule is Fc1cccc2c(-n3cccn3)n[nH]c12. The van der Waals surface area contributed by atoms with Gasteiger partial charge in [-0.15, -0.1) is 0 Å². The van der Waals surface area contributed by atoms with E-state index in [0.717, 1.165) is 5.39 Å². The zero-order chi connectivity index (χ0) is 10.3. The minimum Gasteiger partial charge on any atom is -0.273 e. The van der Waals surface area contributed by atoms with Crippen molar-refractivity contribution in [2.75, 3.05) is 0 Å². The monoisotopic (exact) mass is 202 g/mol. The topological polar surface area (TPSA) is 46.5 Å². The first kappa shape index (κ1) is 8.16. The number of aromatic nitrogens is 4. The first-order valence-electron chi connectivity index (χ1n) is 4.49. The summed E-state index contributed by atoms with van der Waals surface area (Å²) in [6, 6.07) is 6.65. The number of hydrogen-bond acceptors (Lipinski definition) is 2. The van der Waals surface area contributed by atoms with Crippen molar-refractivity contribution in [3.05, 3.63) is 42.5 Å². The summed E-state index contributed by atoms with van der Waals surface area (Å²) >= 11 is 0. The zero-order valence-corrected chi connectivity index (χ0v) is 7.68. The second-order valence-corrected chi connectivity index (χ2v) is 3.16. The fraction of sp³-hybridized carbons (Fsp3) is 0. The number of nitrogens with zero attached hydrogens (tertiary/aromatic N) is 3. The van der Waals surface area contributed by atoms with Crippen LogP contribution in [-0.2, 0) is 0 Å². The van der Waals surface area contributed by atoms with E-state index in [1.807, 2.05) is 0 Å². The number of aromatic amines is 1. The molecule has 3 rings (SSSR count). The number of rotatable bonds is 1. The van der Waals surface area contributed by atoms with Crippen LogP contribution in [0.5, 0.6) is 0 Å². The highest BCUT2D eigenvalue weighted by atomic mass is 19.1. The molecule has 0 radical (unpaired) electrons. The van der Waals surface area contributed by atoms with E-state index >= 15 is 0 Å². The molecule has 0 saturated heterocycles. The fourth-order valence-electron chi connectivity index (χ4n) is 1.56. The van der Waals surface area contributed by atoms with Crippen molar-refractivity contribution in [3.63, 3.8) is 0 Å². The van der Waals surface area contributed by atoms with Gasteiger partial charge in [0.05, 0.1) is 0 Å². The van der Waals surface area contributed by atoms with Gasteiger partial charge < -0.3 is 0 Å². The van der Waals surface area contributed by atoms with Gasteiger partial charge in [-0.25, -0.2) is 9.07 Å². The third kappa shape index (κ3) is 1.13. The van der Waals surface area contributed by atoms with Crippen LogP contribution in [0.3, 0.4) is 0 Å². The standard InChI is InChI=1S/C10H7FN4/c11-8-4-1-3-7-9(8)13-14-10(7)15-6-2-5-12-15/h1-6H,(H,13,14). The smallest absolute Gasteiger partial charge is 0.182 e. The summed E-state index contributed by atoms with van der Waals surface area (Å²) in [5.74, 6) is 0.299. The van der Waals surface area contributed by atoms with Crippen molar-refractivity contribution in [1.82, 2.24) is 20.0 Å². The highest BCUT2D eigenvalue weighted by Gasteiger charge is 2.09. The van der Waals surface area contributed by atoms with E-state index in [-0.39, 0.29) is 5.82 Å². The Morgan fingerprint density at radius 1 is 1.27 bits per heavy atom. The number of para-hydroxylation sites is 1. The average Bonchev–Trinajstić information content (AvgIpc) is 2.85. The molecule has 0 saturated carbocycles. The zero-order valence-electron chi connectivity index (χ0n) is 7.68. The van der Waals surface area contributed by atoms with Crippen molar-refractivity contribution < 1.29 is 4.39 Å². The second-order valence-electron chi connectivity index (χ2n) is 3.16. The molecule has 0 bridgehead atoms. The summed E-state index contributed by atoms with van der Waals surface area (Å²) in [6.07, 6.45) is 3.42. The third-order valence-electron chi connectivity index (χ3n) is 2.25. The molecule has 0 aliphatic carbocycles. The predicted octanol–water partition coefficient (Wildman–Crippen LogP) is 1.89. The lowest BCUT2D eigenvalue weighted by molar-refractivity contribution is 0.636. The normalized spacial score (nSPS) is 11.0. The maximum atomic E-state index is 13.3. The summed E-state index contributed by atoms with van der Waals surface area (Å²) in [5.41, 5.74) is 0.406. The quantitative estimate of drug-likeness (QED) is 0.655. The molecule has 74 valence electrons. The van der Waals surface area contributed by atoms with Crippen LogP contribution in [0.4, 0.5) is 4.39 Å². The van der Waals surface area contributed by atoms with Gasteiger partial charge in [0, 0.05) is 17.8 Å². The molecular weight excluding hydrogens is 195 g/mol. The summed E-state index contributed by atoms with van der Waals surface area (Å²) in [5, 5.41) is 11.5. The van der Waals surface area contributed by atoms with Crippen molar-refractivity contribution >= 4 is 10.9 Å². The van der Waals surface area contributed by atoms with Gasteiger partial charge >= 0.3 is 0 Å². The molecule has 2 aromatic heterocycles. The molecule has 0 amide bonds. The van der Waals surface area contributed by atoms with E-state index in [1.165, 1.54) is 6.07 Å². The molecule has 4 nitrogen and oxygen atoms in total. The Kier molecular flexibility index (Phi) is 1.58. The van der Waals surface area contributed by atoms with Crippen molar-refractivity contribution in [1.29, 1.82) is 0 Å². The molecule has 15 heavy (non-hydrogen) atoms. The fourth-order valence-corrected chi connectivity index (χ4v) is 1.56. The van der Waals surface area contributed by atoms with Crippen LogP contribution in [0.1, 0.15) is 0 Å². The van der Waals surface area contributed by atoms with Crippen LogP contribution in [0.25, 0.3) is 16.7 Å². The van der Waals surface area contributed by atoms with Crippen LogP contribution in [0.2, 0.25) is 0 Å². The van der Waals surface area contributed by atoms with Crippen molar-refractivity contribution in [2.24, 2.45) is 0 Å². The van der Waals surface area contributed by atoms with Gasteiger partial charge in [-0.2, -0.15) is 10.2 Å². The number of halogens is 1. The lowest BCUT2D eigenvalue weighted by Crippen LogP contribution is -1.94. The Morgan fingerprint density at radius 3 is 3.00 bits per heavy atom. The van der Waals surface area contributed by atoms with Crippen LogP contribution < -0.4 is 0 Å². The Bertz CT molecular complexity index is 597. The Labute approximate surface area is 84.3 Å². The maximum Gasteiger partial charge on any atom is 0.182 e. The predicted molar refractivity (Wildman–Crippen MR) is 53.2 cm³/mol. The lowest BCUT2D eigenvalue weighted by Gasteiger charge is -1.95. The van der Waals surface area contributed by atoms with Gasteiger partial charge in [0.25, 0.3) is 0 Å². The van der Waals surface area contributed by atoms with E-state index in [0.29, 0.717) is 11.3 Å². The summed E-state index contributed by atoms with van der Waals surface area (Å²) in [6.45, 7) is 0. The van der Waals surface area contributed by atoms with Gasteiger partial charge in [-0.05, 0) is 18.2 Å². The molecule has 2 heterocycles. The maximum absolute atomic E-state index is 13.3. The first-order chi connectivity index (χ1) is 7.36. The minimum absolute atomic E-state index is 0.307. The van der Waals surface area contributed by atoms with Gasteiger partial charge in [-0.3, -0.25) is 5.10 Å². The van der Waals surface area contributed by atoms with Crippen LogP contribution in [0, 0.1) is 5.82 Å². The molecule has 0 atom stereocenters. The van der Waals surface area contributed by atoms with Crippen LogP contribution >= 0.6 is 0 Å². The molecule has 5 heteroatoms. The summed E-state index contributed by atoms with van der Waals surface area (Å²) < 4.78 is 14.9. The summed E-state index contributed by atoms with van der Waals surface area (Å²) in [4.78, 5) is 0. The summed E-state index contributed by atoms with van der Waals surface area (Å²) in [7, 11) is 0. The third-order valence-corrected chi connectivity index (χ3v) is 2.25. The highest BCUT2D eigenvalue weighted by Crippen LogP contribution is 2.20. The molecule has 0 fully saturated rings. The molecule has 0 spiro atoms.